The van der Waals surface area contributed by atoms with Crippen LogP contribution in [0.3, 0.4) is 0 Å². The van der Waals surface area contributed by atoms with Gasteiger partial charge in [-0.05, 0) is 17.5 Å². The maximum Gasteiger partial charge on any atom is 0.0625 e. The third-order valence-electron chi connectivity index (χ3n) is 2.46. The maximum atomic E-state index is 8.51. The van der Waals surface area contributed by atoms with Crippen molar-refractivity contribution in [3.63, 3.8) is 0 Å². The smallest absolute Gasteiger partial charge is 0.0625 e. The van der Waals surface area contributed by atoms with Gasteiger partial charge >= 0.3 is 0 Å². The third-order valence-corrected chi connectivity index (χ3v) is 2.46. The van der Waals surface area contributed by atoms with E-state index in [1.54, 1.807) is 0 Å². The van der Waals surface area contributed by atoms with Crippen LogP contribution in [0, 0.1) is 0 Å². The summed E-state index contributed by atoms with van der Waals surface area (Å²) in [5, 5.41) is 3.85. The molecular weight excluding hydrogens is 186 g/mol. The van der Waals surface area contributed by atoms with Gasteiger partial charge in [-0.1, -0.05) is 61.6 Å². The second-order valence-corrected chi connectivity index (χ2v) is 3.63. The van der Waals surface area contributed by atoms with E-state index in [0.717, 1.165) is 18.4 Å². The monoisotopic (exact) mass is 203 g/mol. The molecular formula is C12H17N3. The van der Waals surface area contributed by atoms with Crippen LogP contribution in [0.1, 0.15) is 44.2 Å². The highest BCUT2D eigenvalue weighted by atomic mass is 15.1. The topological polar surface area (TPSA) is 48.8 Å². The molecule has 15 heavy (non-hydrogen) atoms. The van der Waals surface area contributed by atoms with E-state index in [9.17, 15) is 0 Å². The fourth-order valence-corrected chi connectivity index (χ4v) is 1.62. The first-order valence-corrected chi connectivity index (χ1v) is 5.47. The summed E-state index contributed by atoms with van der Waals surface area (Å²) < 4.78 is 0. The standard InChI is InChI=1S/C12H17N3/c1-2-3-5-10-12(14-15-13)11-8-6-4-7-9-11/h4,6-9,12H,2-3,5,10H2,1H3/t12-/m0/s1. The van der Waals surface area contributed by atoms with Gasteiger partial charge in [-0.15, -0.1) is 0 Å². The van der Waals surface area contributed by atoms with Gasteiger partial charge in [0.25, 0.3) is 0 Å². The highest BCUT2D eigenvalue weighted by Gasteiger charge is 2.07. The van der Waals surface area contributed by atoms with Crippen LogP contribution in [-0.4, -0.2) is 0 Å². The van der Waals surface area contributed by atoms with Crippen LogP contribution in [-0.2, 0) is 0 Å². The molecule has 1 rings (SSSR count). The van der Waals surface area contributed by atoms with Crippen molar-refractivity contribution in [2.24, 2.45) is 5.11 Å². The Bertz CT molecular complexity index is 315. The minimum atomic E-state index is 0.00255. The first-order valence-electron chi connectivity index (χ1n) is 5.47. The number of unbranched alkanes of at least 4 members (excludes halogenated alkanes) is 2. The Morgan fingerprint density at radius 2 is 2.00 bits per heavy atom. The van der Waals surface area contributed by atoms with Crippen LogP contribution in [0.15, 0.2) is 35.4 Å². The average molecular weight is 203 g/mol. The van der Waals surface area contributed by atoms with Crippen LogP contribution in [0.5, 0.6) is 0 Å². The molecule has 0 amide bonds. The largest absolute Gasteiger partial charge is 0.0859 e. The number of benzene rings is 1. The summed E-state index contributed by atoms with van der Waals surface area (Å²) in [7, 11) is 0. The van der Waals surface area contributed by atoms with E-state index in [4.69, 9.17) is 5.53 Å². The lowest BCUT2D eigenvalue weighted by molar-refractivity contribution is 0.579. The fourth-order valence-electron chi connectivity index (χ4n) is 1.62. The number of azide groups is 1. The maximum absolute atomic E-state index is 8.51. The molecule has 80 valence electrons. The summed E-state index contributed by atoms with van der Waals surface area (Å²) in [6, 6.07) is 9.98. The number of rotatable bonds is 6. The molecule has 1 atom stereocenters. The van der Waals surface area contributed by atoms with Crippen LogP contribution in [0.4, 0.5) is 0 Å². The summed E-state index contributed by atoms with van der Waals surface area (Å²) in [4.78, 5) is 2.92. The highest BCUT2D eigenvalue weighted by molar-refractivity contribution is 5.18. The number of hydrogen-bond donors (Lipinski definition) is 0. The van der Waals surface area contributed by atoms with Crippen molar-refractivity contribution >= 4 is 0 Å². The van der Waals surface area contributed by atoms with Gasteiger partial charge in [0.05, 0.1) is 6.04 Å². The zero-order valence-electron chi connectivity index (χ0n) is 9.13. The molecule has 3 heteroatoms. The molecule has 0 radical (unpaired) electrons. The van der Waals surface area contributed by atoms with Gasteiger partial charge in [-0.25, -0.2) is 0 Å². The van der Waals surface area contributed by atoms with E-state index in [2.05, 4.69) is 16.9 Å². The summed E-state index contributed by atoms with van der Waals surface area (Å²) in [5.41, 5.74) is 9.63. The molecule has 1 aromatic rings. The molecule has 0 heterocycles. The summed E-state index contributed by atoms with van der Waals surface area (Å²) in [6.45, 7) is 2.17. The minimum absolute atomic E-state index is 0.00255. The van der Waals surface area contributed by atoms with Crippen LogP contribution < -0.4 is 0 Å². The van der Waals surface area contributed by atoms with E-state index in [0.29, 0.717) is 0 Å². The molecule has 0 aromatic heterocycles. The second kappa shape index (κ2) is 6.91. The molecule has 0 aliphatic heterocycles. The summed E-state index contributed by atoms with van der Waals surface area (Å²) in [5.74, 6) is 0. The van der Waals surface area contributed by atoms with E-state index in [1.165, 1.54) is 12.8 Å². The Balaban J connectivity index is 2.62. The van der Waals surface area contributed by atoms with E-state index < -0.39 is 0 Å². The molecule has 0 spiro atoms. The van der Waals surface area contributed by atoms with E-state index in [-0.39, 0.29) is 6.04 Å². The van der Waals surface area contributed by atoms with Crippen LogP contribution in [0.25, 0.3) is 10.4 Å². The first-order chi connectivity index (χ1) is 7.38. The van der Waals surface area contributed by atoms with Gasteiger partial charge in [0.2, 0.25) is 0 Å². The molecule has 1 aromatic carbocycles. The minimum Gasteiger partial charge on any atom is -0.0859 e. The van der Waals surface area contributed by atoms with Crippen molar-refractivity contribution in [3.8, 4) is 0 Å². The Labute approximate surface area is 90.8 Å². The molecule has 0 aliphatic rings. The van der Waals surface area contributed by atoms with Crippen molar-refractivity contribution in [2.75, 3.05) is 0 Å². The lowest BCUT2D eigenvalue weighted by Gasteiger charge is -2.10. The van der Waals surface area contributed by atoms with Crippen LogP contribution >= 0.6 is 0 Å². The Hall–Kier alpha value is -1.47. The van der Waals surface area contributed by atoms with Gasteiger partial charge in [-0.3, -0.25) is 0 Å². The SMILES string of the molecule is CCCCC[C@H](N=[N+]=[N-])c1ccccc1. The van der Waals surface area contributed by atoms with Gasteiger partial charge in [0, 0.05) is 4.91 Å². The Morgan fingerprint density at radius 3 is 2.60 bits per heavy atom. The number of hydrogen-bond acceptors (Lipinski definition) is 1. The van der Waals surface area contributed by atoms with Crippen LogP contribution in [0.2, 0.25) is 0 Å². The van der Waals surface area contributed by atoms with Crippen molar-refractivity contribution in [1.29, 1.82) is 0 Å². The lowest BCUT2D eigenvalue weighted by atomic mass is 10.0. The van der Waals surface area contributed by atoms with Crippen molar-refractivity contribution in [2.45, 2.75) is 38.6 Å². The predicted octanol–water partition coefficient (Wildman–Crippen LogP) is 4.62. The molecule has 3 nitrogen and oxygen atoms in total. The summed E-state index contributed by atoms with van der Waals surface area (Å²) in [6.07, 6.45) is 4.46. The predicted molar refractivity (Wildman–Crippen MR) is 62.5 cm³/mol. The molecule has 0 aliphatic carbocycles. The highest BCUT2D eigenvalue weighted by Crippen LogP contribution is 2.23. The van der Waals surface area contributed by atoms with Gasteiger partial charge in [0.1, 0.15) is 0 Å². The third kappa shape index (κ3) is 4.05. The normalized spacial score (nSPS) is 11.8. The Morgan fingerprint density at radius 1 is 1.27 bits per heavy atom. The first kappa shape index (κ1) is 11.6. The molecule has 0 fully saturated rings. The van der Waals surface area contributed by atoms with E-state index >= 15 is 0 Å². The Kier molecular flexibility index (Phi) is 5.34. The molecule has 0 saturated carbocycles. The van der Waals surface area contributed by atoms with E-state index in [1.807, 2.05) is 30.3 Å². The summed E-state index contributed by atoms with van der Waals surface area (Å²) >= 11 is 0. The van der Waals surface area contributed by atoms with Crippen molar-refractivity contribution in [3.05, 3.63) is 46.3 Å². The molecule has 0 saturated heterocycles. The molecule has 0 bridgehead atoms. The van der Waals surface area contributed by atoms with Gasteiger partial charge < -0.3 is 0 Å². The van der Waals surface area contributed by atoms with Crippen molar-refractivity contribution < 1.29 is 0 Å². The number of nitrogens with zero attached hydrogens (tertiary/aromatic N) is 3. The zero-order valence-corrected chi connectivity index (χ0v) is 9.13. The average Bonchev–Trinajstić information content (AvgIpc) is 2.29. The molecule has 0 N–H and O–H groups in total. The quantitative estimate of drug-likeness (QED) is 0.280. The molecule has 0 unspecified atom stereocenters. The second-order valence-electron chi connectivity index (χ2n) is 3.63. The van der Waals surface area contributed by atoms with Crippen molar-refractivity contribution in [1.82, 2.24) is 0 Å². The van der Waals surface area contributed by atoms with Gasteiger partial charge in [0.15, 0.2) is 0 Å². The zero-order chi connectivity index (χ0) is 10.9. The lowest BCUT2D eigenvalue weighted by Crippen LogP contribution is -1.94. The fraction of sp³-hybridized carbons (Fsp3) is 0.500. The van der Waals surface area contributed by atoms with Gasteiger partial charge in [-0.2, -0.15) is 0 Å².